The van der Waals surface area contributed by atoms with E-state index in [0.717, 1.165) is 13.0 Å². The Bertz CT molecular complexity index is 593. The van der Waals surface area contributed by atoms with Crippen LogP contribution in [0.3, 0.4) is 0 Å². The molecule has 0 spiro atoms. The quantitative estimate of drug-likeness (QED) is 0.598. The summed E-state index contributed by atoms with van der Waals surface area (Å²) in [6, 6.07) is 6.43. The molecule has 2 aliphatic carbocycles. The van der Waals surface area contributed by atoms with Gasteiger partial charge in [0.15, 0.2) is 0 Å². The molecular weight excluding hydrogens is 280 g/mol. The van der Waals surface area contributed by atoms with Crippen LogP contribution >= 0.6 is 0 Å². The number of carbonyl (C=O) groups is 1. The number of carbonyl (C=O) groups excluding carboxylic acids is 1. The molecule has 1 aromatic carbocycles. The van der Waals surface area contributed by atoms with Gasteiger partial charge in [0.05, 0.1) is 31.8 Å². The number of benzene rings is 1. The van der Waals surface area contributed by atoms with Crippen molar-refractivity contribution >= 4 is 5.97 Å². The Morgan fingerprint density at radius 3 is 3.00 bits per heavy atom. The molecule has 0 radical (unpaired) electrons. The number of epoxide rings is 1. The Morgan fingerprint density at radius 2 is 2.27 bits per heavy atom. The van der Waals surface area contributed by atoms with Crippen LogP contribution in [-0.4, -0.2) is 31.9 Å². The molecular formula is C18H22O4. The summed E-state index contributed by atoms with van der Waals surface area (Å²) >= 11 is 0. The first kappa shape index (κ1) is 14.2. The Hall–Kier alpha value is -1.39. The fourth-order valence-corrected chi connectivity index (χ4v) is 3.91. The van der Waals surface area contributed by atoms with Crippen LogP contribution in [0.25, 0.3) is 0 Å². The van der Waals surface area contributed by atoms with E-state index in [1.54, 1.807) is 0 Å². The summed E-state index contributed by atoms with van der Waals surface area (Å²) in [7, 11) is 0. The van der Waals surface area contributed by atoms with Gasteiger partial charge < -0.3 is 14.2 Å². The van der Waals surface area contributed by atoms with E-state index in [2.05, 4.69) is 25.1 Å². The lowest BCUT2D eigenvalue weighted by Gasteiger charge is -2.18. The zero-order valence-electron chi connectivity index (χ0n) is 13.1. The third-order valence-corrected chi connectivity index (χ3v) is 5.12. The van der Waals surface area contributed by atoms with E-state index in [1.165, 1.54) is 16.7 Å². The highest BCUT2D eigenvalue weighted by Gasteiger charge is 2.61. The molecule has 118 valence electrons. The smallest absolute Gasteiger partial charge is 0.309 e. The van der Waals surface area contributed by atoms with Gasteiger partial charge in [-0.05, 0) is 42.9 Å². The van der Waals surface area contributed by atoms with Crippen LogP contribution in [0.4, 0.5) is 0 Å². The van der Waals surface area contributed by atoms with Crippen LogP contribution in [0, 0.1) is 11.8 Å². The molecule has 1 aromatic rings. The third kappa shape index (κ3) is 2.34. The third-order valence-electron chi connectivity index (χ3n) is 5.12. The van der Waals surface area contributed by atoms with Gasteiger partial charge >= 0.3 is 5.97 Å². The fourth-order valence-electron chi connectivity index (χ4n) is 3.91. The van der Waals surface area contributed by atoms with Gasteiger partial charge in [-0.25, -0.2) is 0 Å². The molecule has 0 amide bonds. The van der Waals surface area contributed by atoms with E-state index >= 15 is 0 Å². The predicted octanol–water partition coefficient (Wildman–Crippen LogP) is 2.61. The van der Waals surface area contributed by atoms with Crippen molar-refractivity contribution in [3.05, 3.63) is 34.9 Å². The first-order valence-electron chi connectivity index (χ1n) is 8.22. The minimum absolute atomic E-state index is 0.0297. The van der Waals surface area contributed by atoms with Crippen molar-refractivity contribution in [3.63, 3.8) is 0 Å². The maximum atomic E-state index is 12.1. The Balaban J connectivity index is 1.53. The molecule has 1 saturated heterocycles. The number of fused-ring (bicyclic) bond motifs is 3. The van der Waals surface area contributed by atoms with Crippen molar-refractivity contribution < 1.29 is 19.0 Å². The predicted molar refractivity (Wildman–Crippen MR) is 80.6 cm³/mol. The summed E-state index contributed by atoms with van der Waals surface area (Å²) < 4.78 is 16.4. The van der Waals surface area contributed by atoms with Crippen molar-refractivity contribution in [3.8, 4) is 0 Å². The van der Waals surface area contributed by atoms with E-state index in [1.807, 2.05) is 6.92 Å². The van der Waals surface area contributed by atoms with Crippen LogP contribution < -0.4 is 0 Å². The molecule has 0 aromatic heterocycles. The highest BCUT2D eigenvalue weighted by molar-refractivity contribution is 5.80. The normalized spacial score (nSPS) is 32.1. The average molecular weight is 302 g/mol. The number of hydrogen-bond donors (Lipinski definition) is 0. The lowest BCUT2D eigenvalue weighted by atomic mass is 9.94. The zero-order chi connectivity index (χ0) is 15.3. The number of hydrogen-bond acceptors (Lipinski definition) is 4. The lowest BCUT2D eigenvalue weighted by molar-refractivity contribution is -0.145. The van der Waals surface area contributed by atoms with E-state index in [4.69, 9.17) is 14.2 Å². The first-order chi connectivity index (χ1) is 10.7. The number of ether oxygens (including phenoxy) is 3. The fraction of sp³-hybridized carbons (Fsp3) is 0.611. The Morgan fingerprint density at radius 1 is 1.45 bits per heavy atom. The maximum Gasteiger partial charge on any atom is 0.309 e. The molecule has 1 aliphatic heterocycles. The van der Waals surface area contributed by atoms with Crippen molar-refractivity contribution in [2.75, 3.05) is 19.8 Å². The molecule has 5 unspecified atom stereocenters. The van der Waals surface area contributed by atoms with Crippen molar-refractivity contribution in [2.45, 2.75) is 38.4 Å². The van der Waals surface area contributed by atoms with E-state index in [9.17, 15) is 4.79 Å². The van der Waals surface area contributed by atoms with Gasteiger partial charge in [0.2, 0.25) is 0 Å². The standard InChI is InChI=1S/C18H22O4/c1-3-20-18(19)17-14-7-11-5-4-6-13(15(11)16(14)17)10(2)21-8-12-9-22-12/h4-6,10,12,14,16-17H,3,7-9H2,1-2H3. The summed E-state index contributed by atoms with van der Waals surface area (Å²) in [5.41, 5.74) is 3.96. The van der Waals surface area contributed by atoms with Crippen LogP contribution in [0.5, 0.6) is 0 Å². The van der Waals surface area contributed by atoms with E-state index < -0.39 is 0 Å². The second-order valence-electron chi connectivity index (χ2n) is 6.52. The van der Waals surface area contributed by atoms with Gasteiger partial charge in [0.25, 0.3) is 0 Å². The topological polar surface area (TPSA) is 48.1 Å². The summed E-state index contributed by atoms with van der Waals surface area (Å²) in [5.74, 6) is 0.813. The largest absolute Gasteiger partial charge is 0.466 e. The minimum atomic E-state index is -0.0297. The monoisotopic (exact) mass is 302 g/mol. The molecule has 0 bridgehead atoms. The van der Waals surface area contributed by atoms with Crippen LogP contribution in [-0.2, 0) is 25.4 Å². The van der Waals surface area contributed by atoms with Gasteiger partial charge in [-0.3, -0.25) is 4.79 Å². The van der Waals surface area contributed by atoms with Crippen molar-refractivity contribution in [2.24, 2.45) is 11.8 Å². The first-order valence-corrected chi connectivity index (χ1v) is 8.22. The van der Waals surface area contributed by atoms with Crippen molar-refractivity contribution in [1.29, 1.82) is 0 Å². The van der Waals surface area contributed by atoms with E-state index in [0.29, 0.717) is 25.0 Å². The Labute approximate surface area is 130 Å². The van der Waals surface area contributed by atoms with Gasteiger partial charge in [0, 0.05) is 5.92 Å². The average Bonchev–Trinajstić information content (AvgIpc) is 3.42. The lowest BCUT2D eigenvalue weighted by Crippen LogP contribution is -2.13. The molecule has 0 N–H and O–H groups in total. The SMILES string of the molecule is CCOC(=O)C1C2Cc3cccc(C(C)OCC4CO4)c3C21. The second kappa shape index (κ2) is 5.36. The van der Waals surface area contributed by atoms with Gasteiger partial charge in [-0.15, -0.1) is 0 Å². The van der Waals surface area contributed by atoms with Gasteiger partial charge in [-0.2, -0.15) is 0 Å². The maximum absolute atomic E-state index is 12.1. The number of rotatable bonds is 6. The molecule has 1 heterocycles. The van der Waals surface area contributed by atoms with E-state index in [-0.39, 0.29) is 24.1 Å². The molecule has 4 nitrogen and oxygen atoms in total. The van der Waals surface area contributed by atoms with Crippen LogP contribution in [0.15, 0.2) is 18.2 Å². The minimum Gasteiger partial charge on any atom is -0.466 e. The summed E-state index contributed by atoms with van der Waals surface area (Å²) in [5, 5.41) is 0. The molecule has 3 aliphatic rings. The summed E-state index contributed by atoms with van der Waals surface area (Å²) in [4.78, 5) is 12.1. The van der Waals surface area contributed by atoms with Gasteiger partial charge in [0.1, 0.15) is 6.10 Å². The van der Waals surface area contributed by atoms with Gasteiger partial charge in [-0.1, -0.05) is 18.2 Å². The molecule has 2 fully saturated rings. The van der Waals surface area contributed by atoms with Crippen LogP contribution in [0.2, 0.25) is 0 Å². The Kier molecular flexibility index (Phi) is 3.46. The summed E-state index contributed by atoms with van der Waals surface area (Å²) in [6.45, 7) is 5.89. The van der Waals surface area contributed by atoms with Crippen molar-refractivity contribution in [1.82, 2.24) is 0 Å². The number of esters is 1. The highest BCUT2D eigenvalue weighted by Crippen LogP contribution is 2.63. The molecule has 5 atom stereocenters. The zero-order valence-corrected chi connectivity index (χ0v) is 13.1. The highest BCUT2D eigenvalue weighted by atomic mass is 16.6. The molecule has 22 heavy (non-hydrogen) atoms. The molecule has 4 rings (SSSR count). The summed E-state index contributed by atoms with van der Waals surface area (Å²) in [6.07, 6.45) is 1.32. The molecule has 4 heteroatoms. The molecule has 1 saturated carbocycles. The van der Waals surface area contributed by atoms with Crippen LogP contribution in [0.1, 0.15) is 42.6 Å². The second-order valence-corrected chi connectivity index (χ2v) is 6.52.